The first kappa shape index (κ1) is 21.9. The van der Waals surface area contributed by atoms with Crippen molar-refractivity contribution < 1.29 is 28.8 Å². The quantitative estimate of drug-likeness (QED) is 0.393. The fourth-order valence-corrected chi connectivity index (χ4v) is 3.18. The van der Waals surface area contributed by atoms with E-state index in [1.54, 1.807) is 18.2 Å². The van der Waals surface area contributed by atoms with Crippen LogP contribution in [0.15, 0.2) is 42.5 Å². The molecule has 0 spiro atoms. The number of ether oxygens (including phenoxy) is 2. The molecule has 1 saturated heterocycles. The number of nitrogens with zero attached hydrogens (tertiary/aromatic N) is 1. The molecule has 1 unspecified atom stereocenters. The maximum atomic E-state index is 12.8. The van der Waals surface area contributed by atoms with Crippen molar-refractivity contribution in [3.63, 3.8) is 0 Å². The van der Waals surface area contributed by atoms with Crippen LogP contribution in [0.5, 0.6) is 0 Å². The van der Waals surface area contributed by atoms with Gasteiger partial charge in [-0.25, -0.2) is 4.79 Å². The fourth-order valence-electron chi connectivity index (χ4n) is 3.18. The lowest BCUT2D eigenvalue weighted by Crippen LogP contribution is -2.32. The monoisotopic (exact) mass is 427 g/mol. The van der Waals surface area contributed by atoms with Gasteiger partial charge >= 0.3 is 5.97 Å². The Hall–Kier alpha value is -3.79. The van der Waals surface area contributed by atoms with Crippen LogP contribution in [0.1, 0.15) is 43.9 Å². The normalized spacial score (nSPS) is 15.2. The summed E-state index contributed by atoms with van der Waals surface area (Å²) in [5.41, 5.74) is -0.236. The molecule has 2 amide bonds. The van der Waals surface area contributed by atoms with Crippen molar-refractivity contribution in [1.82, 2.24) is 5.32 Å². The highest BCUT2D eigenvalue weighted by atomic mass is 16.6. The standard InChI is InChI=1S/C21H21N3O7/c1-30-21(27)14-9-13(10-15(11-14)24(28)29)19(25)23-18-7-3-2-6-17(18)20(26)22-12-16-5-4-8-31-16/h2-3,6-7,9-11,16H,4-5,8,12H2,1H3,(H,22,26)(H,23,25). The van der Waals surface area contributed by atoms with Crippen LogP contribution in [-0.2, 0) is 9.47 Å². The molecular formula is C21H21N3O7. The van der Waals surface area contributed by atoms with Gasteiger partial charge in [0, 0.05) is 30.8 Å². The van der Waals surface area contributed by atoms with Gasteiger partial charge in [0.15, 0.2) is 0 Å². The number of carbonyl (C=O) groups excluding carboxylic acids is 3. The third-order valence-electron chi connectivity index (χ3n) is 4.75. The lowest BCUT2D eigenvalue weighted by Gasteiger charge is -2.14. The maximum absolute atomic E-state index is 12.8. The molecule has 1 aliphatic rings. The molecule has 31 heavy (non-hydrogen) atoms. The molecule has 2 aromatic carbocycles. The summed E-state index contributed by atoms with van der Waals surface area (Å²) in [5.74, 6) is -1.92. The Labute approximate surface area is 177 Å². The van der Waals surface area contributed by atoms with E-state index in [1.807, 2.05) is 0 Å². The molecule has 2 aromatic rings. The summed E-state index contributed by atoms with van der Waals surface area (Å²) in [6, 6.07) is 9.63. The number of benzene rings is 2. The van der Waals surface area contributed by atoms with E-state index in [0.717, 1.165) is 32.1 Å². The highest BCUT2D eigenvalue weighted by Crippen LogP contribution is 2.21. The number of hydrogen-bond donors (Lipinski definition) is 2. The largest absolute Gasteiger partial charge is 0.465 e. The molecule has 1 heterocycles. The van der Waals surface area contributed by atoms with Crippen molar-refractivity contribution in [1.29, 1.82) is 0 Å². The fraction of sp³-hybridized carbons (Fsp3) is 0.286. The van der Waals surface area contributed by atoms with Gasteiger partial charge in [-0.05, 0) is 31.0 Å². The van der Waals surface area contributed by atoms with Crippen LogP contribution in [0, 0.1) is 10.1 Å². The van der Waals surface area contributed by atoms with E-state index in [-0.39, 0.29) is 34.4 Å². The second-order valence-corrected chi connectivity index (χ2v) is 6.86. The Kier molecular flexibility index (Phi) is 6.93. The van der Waals surface area contributed by atoms with Gasteiger partial charge in [-0.3, -0.25) is 19.7 Å². The minimum Gasteiger partial charge on any atom is -0.465 e. The van der Waals surface area contributed by atoms with E-state index in [1.165, 1.54) is 12.1 Å². The number of rotatable bonds is 7. The molecule has 1 fully saturated rings. The molecule has 10 heteroatoms. The number of anilines is 1. The number of nitro groups is 1. The van der Waals surface area contributed by atoms with E-state index in [9.17, 15) is 24.5 Å². The summed E-state index contributed by atoms with van der Waals surface area (Å²) in [7, 11) is 1.13. The van der Waals surface area contributed by atoms with Gasteiger partial charge in [0.1, 0.15) is 0 Å². The predicted molar refractivity (Wildman–Crippen MR) is 110 cm³/mol. The highest BCUT2D eigenvalue weighted by molar-refractivity contribution is 6.10. The van der Waals surface area contributed by atoms with Crippen LogP contribution in [0.25, 0.3) is 0 Å². The van der Waals surface area contributed by atoms with Crippen LogP contribution >= 0.6 is 0 Å². The molecule has 2 N–H and O–H groups in total. The predicted octanol–water partition coefficient (Wildman–Crippen LogP) is 2.54. The van der Waals surface area contributed by atoms with E-state index < -0.39 is 22.5 Å². The van der Waals surface area contributed by atoms with Gasteiger partial charge < -0.3 is 20.1 Å². The number of non-ortho nitro benzene ring substituents is 1. The zero-order valence-corrected chi connectivity index (χ0v) is 16.8. The Morgan fingerprint density at radius 1 is 1.16 bits per heavy atom. The SMILES string of the molecule is COC(=O)c1cc(C(=O)Nc2ccccc2C(=O)NCC2CCCO2)cc([N+](=O)[O-])c1. The van der Waals surface area contributed by atoms with E-state index in [2.05, 4.69) is 15.4 Å². The summed E-state index contributed by atoms with van der Waals surface area (Å²) in [5, 5.41) is 16.5. The highest BCUT2D eigenvalue weighted by Gasteiger charge is 2.21. The van der Waals surface area contributed by atoms with Crippen molar-refractivity contribution in [2.45, 2.75) is 18.9 Å². The number of carbonyl (C=O) groups is 3. The minimum atomic E-state index is -0.813. The van der Waals surface area contributed by atoms with Gasteiger partial charge in [-0.15, -0.1) is 0 Å². The zero-order chi connectivity index (χ0) is 22.4. The lowest BCUT2D eigenvalue weighted by atomic mass is 10.1. The summed E-state index contributed by atoms with van der Waals surface area (Å²) in [4.78, 5) is 47.6. The van der Waals surface area contributed by atoms with Gasteiger partial charge in [0.25, 0.3) is 17.5 Å². The number of nitro benzene ring substituents is 1. The summed E-state index contributed by atoms with van der Waals surface area (Å²) >= 11 is 0. The number of amides is 2. The molecule has 0 bridgehead atoms. The number of nitrogens with one attached hydrogen (secondary N) is 2. The maximum Gasteiger partial charge on any atom is 0.338 e. The first-order valence-electron chi connectivity index (χ1n) is 9.57. The smallest absolute Gasteiger partial charge is 0.338 e. The van der Waals surface area contributed by atoms with Crippen LogP contribution in [0.3, 0.4) is 0 Å². The summed E-state index contributed by atoms with van der Waals surface area (Å²) in [6.45, 7) is 1.03. The first-order chi connectivity index (χ1) is 14.9. The van der Waals surface area contributed by atoms with Gasteiger partial charge in [0.2, 0.25) is 0 Å². The van der Waals surface area contributed by atoms with E-state index in [0.29, 0.717) is 13.2 Å². The molecule has 1 atom stereocenters. The molecule has 1 aliphatic heterocycles. The Balaban J connectivity index is 1.80. The summed E-state index contributed by atoms with van der Waals surface area (Å²) in [6.07, 6.45) is 1.78. The van der Waals surface area contributed by atoms with E-state index in [4.69, 9.17) is 4.74 Å². The second-order valence-electron chi connectivity index (χ2n) is 6.86. The van der Waals surface area contributed by atoms with Gasteiger partial charge in [-0.1, -0.05) is 12.1 Å². The average molecular weight is 427 g/mol. The summed E-state index contributed by atoms with van der Waals surface area (Å²) < 4.78 is 10.1. The molecule has 0 aliphatic carbocycles. The van der Waals surface area contributed by atoms with E-state index >= 15 is 0 Å². The van der Waals surface area contributed by atoms with Crippen LogP contribution in [0.2, 0.25) is 0 Å². The number of hydrogen-bond acceptors (Lipinski definition) is 7. The Morgan fingerprint density at radius 2 is 1.90 bits per heavy atom. The Bertz CT molecular complexity index is 1020. The minimum absolute atomic E-state index is 0.0349. The molecular weight excluding hydrogens is 406 g/mol. The van der Waals surface area contributed by atoms with Gasteiger partial charge in [-0.2, -0.15) is 0 Å². The van der Waals surface area contributed by atoms with Crippen molar-refractivity contribution >= 4 is 29.2 Å². The van der Waals surface area contributed by atoms with Gasteiger partial charge in [0.05, 0.1) is 35.0 Å². The van der Waals surface area contributed by atoms with Crippen LogP contribution in [-0.4, -0.2) is 49.1 Å². The van der Waals surface area contributed by atoms with Crippen molar-refractivity contribution in [2.24, 2.45) is 0 Å². The number of methoxy groups -OCH3 is 1. The van der Waals surface area contributed by atoms with Crippen molar-refractivity contribution in [3.8, 4) is 0 Å². The average Bonchev–Trinajstić information content (AvgIpc) is 3.30. The molecule has 0 saturated carbocycles. The second kappa shape index (κ2) is 9.81. The molecule has 0 aromatic heterocycles. The van der Waals surface area contributed by atoms with Crippen LogP contribution in [0.4, 0.5) is 11.4 Å². The first-order valence-corrected chi connectivity index (χ1v) is 9.57. The molecule has 3 rings (SSSR count). The zero-order valence-electron chi connectivity index (χ0n) is 16.8. The number of para-hydroxylation sites is 1. The third kappa shape index (κ3) is 5.43. The van der Waals surface area contributed by atoms with Crippen molar-refractivity contribution in [2.75, 3.05) is 25.6 Å². The topological polar surface area (TPSA) is 137 Å². The number of esters is 1. The lowest BCUT2D eigenvalue weighted by molar-refractivity contribution is -0.384. The molecule has 10 nitrogen and oxygen atoms in total. The third-order valence-corrected chi connectivity index (χ3v) is 4.75. The van der Waals surface area contributed by atoms with Crippen molar-refractivity contribution in [3.05, 3.63) is 69.3 Å². The molecule has 162 valence electrons. The molecule has 0 radical (unpaired) electrons. The van der Waals surface area contributed by atoms with Crippen LogP contribution < -0.4 is 10.6 Å². The Morgan fingerprint density at radius 3 is 2.58 bits per heavy atom.